The number of benzene rings is 1. The van der Waals surface area contributed by atoms with Gasteiger partial charge < -0.3 is 9.64 Å². The van der Waals surface area contributed by atoms with Gasteiger partial charge in [0.25, 0.3) is 0 Å². The molecule has 20 heavy (non-hydrogen) atoms. The summed E-state index contributed by atoms with van der Waals surface area (Å²) in [5, 5.41) is 0. The maximum absolute atomic E-state index is 5.53. The average Bonchev–Trinajstić information content (AvgIpc) is 2.94. The van der Waals surface area contributed by atoms with Crippen LogP contribution in [0.2, 0.25) is 0 Å². The molecule has 0 amide bonds. The topological polar surface area (TPSA) is 12.5 Å². The number of likely N-dealkylation sites (tertiary alicyclic amines) is 1. The molecule has 1 heterocycles. The molecule has 1 saturated heterocycles. The molecule has 1 saturated carbocycles. The van der Waals surface area contributed by atoms with E-state index in [1.165, 1.54) is 50.8 Å². The van der Waals surface area contributed by atoms with E-state index >= 15 is 0 Å². The van der Waals surface area contributed by atoms with Crippen molar-refractivity contribution >= 4 is 0 Å². The van der Waals surface area contributed by atoms with Gasteiger partial charge in [0.15, 0.2) is 0 Å². The van der Waals surface area contributed by atoms with Gasteiger partial charge in [0.05, 0.1) is 7.11 Å². The van der Waals surface area contributed by atoms with Crippen molar-refractivity contribution in [3.63, 3.8) is 0 Å². The predicted octanol–water partition coefficient (Wildman–Crippen LogP) is 4.06. The number of ether oxygens (including phenoxy) is 1. The van der Waals surface area contributed by atoms with Gasteiger partial charge in [-0.25, -0.2) is 0 Å². The number of nitrogens with zero attached hydrogens (tertiary/aromatic N) is 1. The summed E-state index contributed by atoms with van der Waals surface area (Å²) in [5.41, 5.74) is 1.41. The van der Waals surface area contributed by atoms with Crippen LogP contribution in [0.3, 0.4) is 0 Å². The fourth-order valence-corrected chi connectivity index (χ4v) is 4.09. The fraction of sp³-hybridized carbons (Fsp3) is 0.667. The second-order valence-corrected chi connectivity index (χ2v) is 6.62. The van der Waals surface area contributed by atoms with Gasteiger partial charge >= 0.3 is 0 Å². The summed E-state index contributed by atoms with van der Waals surface area (Å²) in [7, 11) is 1.79. The van der Waals surface area contributed by atoms with Gasteiger partial charge in [0.1, 0.15) is 5.75 Å². The number of rotatable bonds is 3. The van der Waals surface area contributed by atoms with Crippen LogP contribution >= 0.6 is 0 Å². The average molecular weight is 273 g/mol. The fourth-order valence-electron chi connectivity index (χ4n) is 4.09. The minimum absolute atomic E-state index is 0.682. The standard InChI is InChI=1S/C18H27NO/c1-14-7-8-16(13-14)19-11-9-15(10-12-19)17-5-3-4-6-18(17)20-2/h3-6,14-16H,7-13H2,1-2H3/t14-,16-/m0/s1. The van der Waals surface area contributed by atoms with Crippen molar-refractivity contribution in [3.05, 3.63) is 29.8 Å². The molecule has 2 aliphatic rings. The Labute approximate surface area is 123 Å². The van der Waals surface area contributed by atoms with E-state index in [4.69, 9.17) is 4.74 Å². The zero-order valence-electron chi connectivity index (χ0n) is 12.8. The van der Waals surface area contributed by atoms with Crippen molar-refractivity contribution in [1.29, 1.82) is 0 Å². The molecule has 1 aromatic carbocycles. The summed E-state index contributed by atoms with van der Waals surface area (Å²) in [6.07, 6.45) is 6.83. The SMILES string of the molecule is COc1ccccc1C1CCN([C@H]2CC[C@H](C)C2)CC1. The van der Waals surface area contributed by atoms with Crippen molar-refractivity contribution < 1.29 is 4.74 Å². The van der Waals surface area contributed by atoms with Gasteiger partial charge in [0.2, 0.25) is 0 Å². The third kappa shape index (κ3) is 2.85. The third-order valence-corrected chi connectivity index (χ3v) is 5.29. The summed E-state index contributed by atoms with van der Waals surface area (Å²) >= 11 is 0. The molecule has 2 nitrogen and oxygen atoms in total. The van der Waals surface area contributed by atoms with Crippen LogP contribution in [0, 0.1) is 5.92 Å². The van der Waals surface area contributed by atoms with Gasteiger partial charge in [-0.2, -0.15) is 0 Å². The lowest BCUT2D eigenvalue weighted by Crippen LogP contribution is -2.39. The van der Waals surface area contributed by atoms with Crippen LogP contribution in [0.4, 0.5) is 0 Å². The first-order valence-electron chi connectivity index (χ1n) is 8.15. The molecular formula is C18H27NO. The summed E-state index contributed by atoms with van der Waals surface area (Å²) in [5.74, 6) is 2.69. The first kappa shape index (κ1) is 13.9. The highest BCUT2D eigenvalue weighted by Gasteiger charge is 2.30. The van der Waals surface area contributed by atoms with Crippen LogP contribution in [0.1, 0.15) is 50.5 Å². The van der Waals surface area contributed by atoms with E-state index in [1.54, 1.807) is 7.11 Å². The second kappa shape index (κ2) is 6.17. The van der Waals surface area contributed by atoms with Gasteiger partial charge in [-0.1, -0.05) is 25.1 Å². The Balaban J connectivity index is 1.61. The Morgan fingerprint density at radius 2 is 1.80 bits per heavy atom. The molecule has 2 atom stereocenters. The van der Waals surface area contributed by atoms with Crippen molar-refractivity contribution in [2.45, 2.75) is 51.0 Å². The maximum atomic E-state index is 5.53. The highest BCUT2D eigenvalue weighted by molar-refractivity contribution is 5.36. The van der Waals surface area contributed by atoms with Crippen molar-refractivity contribution in [2.75, 3.05) is 20.2 Å². The Hall–Kier alpha value is -1.02. The lowest BCUT2D eigenvalue weighted by atomic mass is 9.88. The normalized spacial score (nSPS) is 28.7. The monoisotopic (exact) mass is 273 g/mol. The number of piperidine rings is 1. The van der Waals surface area contributed by atoms with Crippen LogP contribution in [-0.2, 0) is 0 Å². The molecule has 0 aromatic heterocycles. The summed E-state index contributed by atoms with van der Waals surface area (Å²) in [4.78, 5) is 2.75. The quantitative estimate of drug-likeness (QED) is 0.823. The number of hydrogen-bond acceptors (Lipinski definition) is 2. The van der Waals surface area contributed by atoms with Gasteiger partial charge in [-0.05, 0) is 68.7 Å². The number of para-hydroxylation sites is 1. The van der Waals surface area contributed by atoms with E-state index in [1.807, 2.05) is 0 Å². The van der Waals surface area contributed by atoms with Crippen molar-refractivity contribution in [2.24, 2.45) is 5.92 Å². The molecule has 2 heteroatoms. The number of hydrogen-bond donors (Lipinski definition) is 0. The highest BCUT2D eigenvalue weighted by atomic mass is 16.5. The molecule has 2 fully saturated rings. The molecule has 1 aliphatic carbocycles. The van der Waals surface area contributed by atoms with E-state index in [0.29, 0.717) is 5.92 Å². The zero-order valence-corrected chi connectivity index (χ0v) is 12.8. The van der Waals surface area contributed by atoms with Gasteiger partial charge in [-0.3, -0.25) is 0 Å². The third-order valence-electron chi connectivity index (χ3n) is 5.29. The molecule has 1 aromatic rings. The van der Waals surface area contributed by atoms with Crippen LogP contribution in [0.5, 0.6) is 5.75 Å². The van der Waals surface area contributed by atoms with E-state index < -0.39 is 0 Å². The highest BCUT2D eigenvalue weighted by Crippen LogP contribution is 2.37. The molecule has 110 valence electrons. The smallest absolute Gasteiger partial charge is 0.122 e. The van der Waals surface area contributed by atoms with Crippen molar-refractivity contribution in [3.8, 4) is 5.75 Å². The minimum Gasteiger partial charge on any atom is -0.496 e. The zero-order chi connectivity index (χ0) is 13.9. The first-order valence-corrected chi connectivity index (χ1v) is 8.15. The largest absolute Gasteiger partial charge is 0.496 e. The van der Waals surface area contributed by atoms with E-state index in [9.17, 15) is 0 Å². The van der Waals surface area contributed by atoms with E-state index in [2.05, 4.69) is 36.1 Å². The Bertz CT molecular complexity index is 437. The van der Waals surface area contributed by atoms with Gasteiger partial charge in [0, 0.05) is 6.04 Å². The number of methoxy groups -OCH3 is 1. The molecule has 0 spiro atoms. The molecule has 1 aliphatic heterocycles. The summed E-state index contributed by atoms with van der Waals surface area (Å²) in [6, 6.07) is 9.42. The van der Waals surface area contributed by atoms with Crippen LogP contribution < -0.4 is 4.74 Å². The maximum Gasteiger partial charge on any atom is 0.122 e. The lowest BCUT2D eigenvalue weighted by molar-refractivity contribution is 0.151. The molecule has 0 unspecified atom stereocenters. The van der Waals surface area contributed by atoms with E-state index in [-0.39, 0.29) is 0 Å². The molecular weight excluding hydrogens is 246 g/mol. The predicted molar refractivity (Wildman–Crippen MR) is 83.3 cm³/mol. The molecule has 0 N–H and O–H groups in total. The summed E-state index contributed by atoms with van der Waals surface area (Å²) in [6.45, 7) is 4.93. The van der Waals surface area contributed by atoms with Gasteiger partial charge in [-0.15, -0.1) is 0 Å². The lowest BCUT2D eigenvalue weighted by Gasteiger charge is -2.36. The van der Waals surface area contributed by atoms with Crippen LogP contribution in [-0.4, -0.2) is 31.1 Å². The van der Waals surface area contributed by atoms with Crippen molar-refractivity contribution in [1.82, 2.24) is 4.90 Å². The van der Waals surface area contributed by atoms with Crippen LogP contribution in [0.15, 0.2) is 24.3 Å². The Kier molecular flexibility index (Phi) is 4.30. The minimum atomic E-state index is 0.682. The second-order valence-electron chi connectivity index (χ2n) is 6.62. The Morgan fingerprint density at radius 1 is 1.05 bits per heavy atom. The van der Waals surface area contributed by atoms with Crippen LogP contribution in [0.25, 0.3) is 0 Å². The Morgan fingerprint density at radius 3 is 2.45 bits per heavy atom. The molecule has 0 radical (unpaired) electrons. The van der Waals surface area contributed by atoms with E-state index in [0.717, 1.165) is 17.7 Å². The first-order chi connectivity index (χ1) is 9.78. The summed E-state index contributed by atoms with van der Waals surface area (Å²) < 4.78 is 5.53. The molecule has 3 rings (SSSR count). The molecule has 0 bridgehead atoms.